The Labute approximate surface area is 107 Å². The van der Waals surface area contributed by atoms with Crippen molar-refractivity contribution in [2.45, 2.75) is 32.2 Å². The Morgan fingerprint density at radius 3 is 3.06 bits per heavy atom. The van der Waals surface area contributed by atoms with Crippen molar-refractivity contribution in [1.82, 2.24) is 9.55 Å². The van der Waals surface area contributed by atoms with Gasteiger partial charge in [0.2, 0.25) is 5.88 Å². The molecule has 0 amide bonds. The second-order valence-electron chi connectivity index (χ2n) is 4.79. The van der Waals surface area contributed by atoms with Crippen LogP contribution in [0.4, 0.5) is 0 Å². The van der Waals surface area contributed by atoms with E-state index in [-0.39, 0.29) is 0 Å². The molecule has 0 radical (unpaired) electrons. The van der Waals surface area contributed by atoms with Gasteiger partial charge in [0, 0.05) is 23.9 Å². The Kier molecular flexibility index (Phi) is 2.96. The number of aromatic nitrogens is 2. The maximum Gasteiger partial charge on any atom is 0.213 e. The minimum absolute atomic E-state index is 0.672. The molecule has 0 bridgehead atoms. The number of nitrogens with two attached hydrogens (primary N) is 1. The predicted octanol–water partition coefficient (Wildman–Crippen LogP) is 1.88. The highest BCUT2D eigenvalue weighted by molar-refractivity contribution is 5.82. The molecule has 2 aromatic heterocycles. The average molecular weight is 245 g/mol. The second kappa shape index (κ2) is 4.61. The number of hydrogen-bond donors (Lipinski definition) is 1. The maximum atomic E-state index is 5.75. The summed E-state index contributed by atoms with van der Waals surface area (Å²) in [6, 6.07) is 4.06. The molecule has 3 rings (SSSR count). The third-order valence-electron chi connectivity index (χ3n) is 3.75. The van der Waals surface area contributed by atoms with E-state index >= 15 is 0 Å². The van der Waals surface area contributed by atoms with Crippen molar-refractivity contribution in [2.24, 2.45) is 5.73 Å². The first-order chi connectivity index (χ1) is 8.85. The molecule has 4 nitrogen and oxygen atoms in total. The van der Waals surface area contributed by atoms with Crippen LogP contribution in [0.15, 0.2) is 12.1 Å². The highest BCUT2D eigenvalue weighted by Crippen LogP contribution is 2.31. The van der Waals surface area contributed by atoms with Crippen molar-refractivity contribution in [3.8, 4) is 5.88 Å². The normalized spacial score (nSPS) is 14.8. The summed E-state index contributed by atoms with van der Waals surface area (Å²) in [5.74, 6) is 0.684. The Morgan fingerprint density at radius 1 is 1.39 bits per heavy atom. The first-order valence-electron chi connectivity index (χ1n) is 6.60. The van der Waals surface area contributed by atoms with Gasteiger partial charge in [-0.05, 0) is 38.3 Å². The molecular formula is C14H19N3O. The Balaban J connectivity index is 2.25. The maximum absolute atomic E-state index is 5.75. The number of fused-ring (bicyclic) bond motifs is 3. The van der Waals surface area contributed by atoms with Crippen LogP contribution in [-0.4, -0.2) is 23.2 Å². The van der Waals surface area contributed by atoms with Crippen LogP contribution in [0.2, 0.25) is 0 Å². The summed E-state index contributed by atoms with van der Waals surface area (Å²) in [5, 5.41) is 0. The number of ether oxygens (including phenoxy) is 1. The number of methoxy groups -OCH3 is 1. The van der Waals surface area contributed by atoms with Crippen molar-refractivity contribution in [3.05, 3.63) is 23.4 Å². The van der Waals surface area contributed by atoms with Crippen molar-refractivity contribution in [1.29, 1.82) is 0 Å². The van der Waals surface area contributed by atoms with Gasteiger partial charge in [-0.15, -0.1) is 0 Å². The van der Waals surface area contributed by atoms with Gasteiger partial charge >= 0.3 is 0 Å². The number of aryl methyl sites for hydroxylation is 1. The van der Waals surface area contributed by atoms with Gasteiger partial charge in [0.25, 0.3) is 0 Å². The highest BCUT2D eigenvalue weighted by atomic mass is 16.5. The standard InChI is InChI=1S/C14H19N3O/c1-18-13-6-5-12-14(16-13)10(7-8-15)11-4-2-3-9-17(11)12/h5-6H,2-4,7-9,15H2,1H3. The van der Waals surface area contributed by atoms with Crippen LogP contribution in [0.25, 0.3) is 11.0 Å². The summed E-state index contributed by atoms with van der Waals surface area (Å²) in [6.45, 7) is 1.77. The fourth-order valence-electron chi connectivity index (χ4n) is 2.94. The van der Waals surface area contributed by atoms with E-state index in [0.717, 1.165) is 24.9 Å². The number of pyridine rings is 1. The molecule has 2 aromatic rings. The van der Waals surface area contributed by atoms with Crippen LogP contribution in [0, 0.1) is 0 Å². The Bertz CT molecular complexity index is 574. The van der Waals surface area contributed by atoms with Gasteiger partial charge in [0.15, 0.2) is 0 Å². The number of nitrogens with zero attached hydrogens (tertiary/aromatic N) is 2. The first kappa shape index (κ1) is 11.5. The quantitative estimate of drug-likeness (QED) is 0.898. The number of rotatable bonds is 3. The van der Waals surface area contributed by atoms with Crippen LogP contribution in [-0.2, 0) is 19.4 Å². The molecule has 0 aromatic carbocycles. The minimum Gasteiger partial charge on any atom is -0.481 e. The monoisotopic (exact) mass is 245 g/mol. The lowest BCUT2D eigenvalue weighted by Crippen LogP contribution is -2.12. The zero-order valence-corrected chi connectivity index (χ0v) is 10.8. The molecule has 0 spiro atoms. The van der Waals surface area contributed by atoms with Gasteiger partial charge in [-0.2, -0.15) is 0 Å². The molecule has 0 aliphatic carbocycles. The van der Waals surface area contributed by atoms with Gasteiger partial charge < -0.3 is 15.0 Å². The average Bonchev–Trinajstić information content (AvgIpc) is 2.73. The van der Waals surface area contributed by atoms with E-state index < -0.39 is 0 Å². The first-order valence-corrected chi connectivity index (χ1v) is 6.60. The zero-order valence-electron chi connectivity index (χ0n) is 10.8. The summed E-state index contributed by atoms with van der Waals surface area (Å²) < 4.78 is 7.65. The molecule has 0 fully saturated rings. The van der Waals surface area contributed by atoms with Gasteiger partial charge in [-0.3, -0.25) is 0 Å². The molecule has 96 valence electrons. The molecule has 0 atom stereocenters. The van der Waals surface area contributed by atoms with E-state index in [4.69, 9.17) is 10.5 Å². The zero-order chi connectivity index (χ0) is 12.5. The van der Waals surface area contributed by atoms with E-state index in [1.54, 1.807) is 7.11 Å². The lowest BCUT2D eigenvalue weighted by Gasteiger charge is -2.16. The molecular weight excluding hydrogens is 226 g/mol. The smallest absolute Gasteiger partial charge is 0.213 e. The second-order valence-corrected chi connectivity index (χ2v) is 4.79. The van der Waals surface area contributed by atoms with Crippen molar-refractivity contribution < 1.29 is 4.74 Å². The molecule has 18 heavy (non-hydrogen) atoms. The van der Waals surface area contributed by atoms with E-state index in [0.29, 0.717) is 12.4 Å². The van der Waals surface area contributed by atoms with Crippen LogP contribution >= 0.6 is 0 Å². The summed E-state index contributed by atoms with van der Waals surface area (Å²) in [6.07, 6.45) is 4.57. The molecule has 1 aliphatic rings. The topological polar surface area (TPSA) is 53.1 Å². The summed E-state index contributed by atoms with van der Waals surface area (Å²) in [7, 11) is 1.66. The van der Waals surface area contributed by atoms with E-state index in [1.807, 2.05) is 6.07 Å². The van der Waals surface area contributed by atoms with Crippen LogP contribution < -0.4 is 10.5 Å². The third-order valence-corrected chi connectivity index (χ3v) is 3.75. The Hall–Kier alpha value is -1.55. The molecule has 3 heterocycles. The van der Waals surface area contributed by atoms with Crippen molar-refractivity contribution in [3.63, 3.8) is 0 Å². The molecule has 0 saturated carbocycles. The lowest BCUT2D eigenvalue weighted by molar-refractivity contribution is 0.399. The SMILES string of the molecule is COc1ccc2c(n1)c(CCN)c1n2CCCC1. The summed E-state index contributed by atoms with van der Waals surface area (Å²) in [4.78, 5) is 4.62. The van der Waals surface area contributed by atoms with Crippen LogP contribution in [0.3, 0.4) is 0 Å². The van der Waals surface area contributed by atoms with E-state index in [1.165, 1.54) is 29.6 Å². The van der Waals surface area contributed by atoms with Gasteiger partial charge in [-0.25, -0.2) is 4.98 Å². The van der Waals surface area contributed by atoms with Gasteiger partial charge in [0.1, 0.15) is 0 Å². The molecule has 0 saturated heterocycles. The van der Waals surface area contributed by atoms with Gasteiger partial charge in [0.05, 0.1) is 18.1 Å². The number of hydrogen-bond acceptors (Lipinski definition) is 3. The van der Waals surface area contributed by atoms with E-state index in [9.17, 15) is 0 Å². The molecule has 4 heteroatoms. The van der Waals surface area contributed by atoms with Crippen molar-refractivity contribution >= 4 is 11.0 Å². The lowest BCUT2D eigenvalue weighted by atomic mass is 10.0. The van der Waals surface area contributed by atoms with Crippen LogP contribution in [0.1, 0.15) is 24.1 Å². The van der Waals surface area contributed by atoms with Crippen LogP contribution in [0.5, 0.6) is 5.88 Å². The molecule has 2 N–H and O–H groups in total. The van der Waals surface area contributed by atoms with Gasteiger partial charge in [-0.1, -0.05) is 0 Å². The molecule has 0 unspecified atom stereocenters. The largest absolute Gasteiger partial charge is 0.481 e. The Morgan fingerprint density at radius 2 is 2.28 bits per heavy atom. The fraction of sp³-hybridized carbons (Fsp3) is 0.500. The predicted molar refractivity (Wildman–Crippen MR) is 72.0 cm³/mol. The highest BCUT2D eigenvalue weighted by Gasteiger charge is 2.20. The fourth-order valence-corrected chi connectivity index (χ4v) is 2.94. The molecule has 1 aliphatic heterocycles. The third kappa shape index (κ3) is 1.68. The summed E-state index contributed by atoms with van der Waals surface area (Å²) in [5.41, 5.74) is 10.8. The van der Waals surface area contributed by atoms with Crippen molar-refractivity contribution in [2.75, 3.05) is 13.7 Å². The minimum atomic E-state index is 0.672. The summed E-state index contributed by atoms with van der Waals surface area (Å²) >= 11 is 0. The van der Waals surface area contributed by atoms with E-state index in [2.05, 4.69) is 15.6 Å².